The summed E-state index contributed by atoms with van der Waals surface area (Å²) in [6.45, 7) is 0.418. The van der Waals surface area contributed by atoms with Gasteiger partial charge in [0.05, 0.1) is 12.0 Å². The standard InChI is InChI=1S/C20H18O5/c21-17-13-18(14-6-2-1-3-7-14)25-19-12-15(9-10-16(17)19)24-11-5-4-8-20(22)23/h1-3,6-7,9-10,12-13H,4-5,8,11H2,(H,22,23). The third-order valence-electron chi connectivity index (χ3n) is 3.81. The molecule has 0 spiro atoms. The molecular weight excluding hydrogens is 320 g/mol. The minimum atomic E-state index is -0.805. The first-order valence-electron chi connectivity index (χ1n) is 8.11. The lowest BCUT2D eigenvalue weighted by molar-refractivity contribution is -0.137. The summed E-state index contributed by atoms with van der Waals surface area (Å²) in [7, 11) is 0. The van der Waals surface area contributed by atoms with E-state index in [-0.39, 0.29) is 11.8 Å². The molecule has 2 aromatic carbocycles. The number of fused-ring (bicyclic) bond motifs is 1. The molecule has 0 atom stereocenters. The number of carbonyl (C=O) groups is 1. The van der Waals surface area contributed by atoms with Gasteiger partial charge in [0.25, 0.3) is 0 Å². The smallest absolute Gasteiger partial charge is 0.303 e. The Morgan fingerprint density at radius 1 is 1.04 bits per heavy atom. The van der Waals surface area contributed by atoms with E-state index < -0.39 is 5.97 Å². The average Bonchev–Trinajstić information content (AvgIpc) is 2.61. The van der Waals surface area contributed by atoms with Gasteiger partial charge in [-0.15, -0.1) is 0 Å². The molecule has 0 fully saturated rings. The molecule has 1 aromatic heterocycles. The van der Waals surface area contributed by atoms with Crippen molar-refractivity contribution < 1.29 is 19.1 Å². The number of carboxylic acids is 1. The molecule has 0 aliphatic carbocycles. The summed E-state index contributed by atoms with van der Waals surface area (Å²) in [4.78, 5) is 22.8. The summed E-state index contributed by atoms with van der Waals surface area (Å²) in [6.07, 6.45) is 1.35. The van der Waals surface area contributed by atoms with Gasteiger partial charge in [0.15, 0.2) is 5.43 Å². The summed E-state index contributed by atoms with van der Waals surface area (Å²) >= 11 is 0. The van der Waals surface area contributed by atoms with Gasteiger partial charge in [-0.25, -0.2) is 0 Å². The zero-order valence-electron chi connectivity index (χ0n) is 13.6. The average molecular weight is 338 g/mol. The number of hydrogen-bond acceptors (Lipinski definition) is 4. The molecule has 25 heavy (non-hydrogen) atoms. The first-order valence-corrected chi connectivity index (χ1v) is 8.11. The van der Waals surface area contributed by atoms with Crippen molar-refractivity contribution in [3.8, 4) is 17.1 Å². The van der Waals surface area contributed by atoms with Crippen LogP contribution in [0.3, 0.4) is 0 Å². The van der Waals surface area contributed by atoms with E-state index in [0.29, 0.717) is 41.9 Å². The van der Waals surface area contributed by atoms with Crippen molar-refractivity contribution in [3.63, 3.8) is 0 Å². The first-order chi connectivity index (χ1) is 12.1. The zero-order chi connectivity index (χ0) is 17.6. The maximum atomic E-state index is 12.3. The highest BCUT2D eigenvalue weighted by molar-refractivity contribution is 5.80. The van der Waals surface area contributed by atoms with Crippen LogP contribution in [-0.2, 0) is 4.79 Å². The van der Waals surface area contributed by atoms with Gasteiger partial charge in [-0.3, -0.25) is 9.59 Å². The number of carboxylic acid groups (broad SMARTS) is 1. The monoisotopic (exact) mass is 338 g/mol. The Kier molecular flexibility index (Phi) is 5.14. The predicted molar refractivity (Wildman–Crippen MR) is 94.9 cm³/mol. The van der Waals surface area contributed by atoms with Crippen LogP contribution >= 0.6 is 0 Å². The van der Waals surface area contributed by atoms with Gasteiger partial charge < -0.3 is 14.3 Å². The molecule has 0 amide bonds. The van der Waals surface area contributed by atoms with Crippen molar-refractivity contribution in [2.75, 3.05) is 6.61 Å². The molecule has 0 saturated carbocycles. The van der Waals surface area contributed by atoms with E-state index >= 15 is 0 Å². The quantitative estimate of drug-likeness (QED) is 0.657. The third-order valence-corrected chi connectivity index (χ3v) is 3.81. The van der Waals surface area contributed by atoms with Crippen molar-refractivity contribution in [1.29, 1.82) is 0 Å². The highest BCUT2D eigenvalue weighted by atomic mass is 16.5. The van der Waals surface area contributed by atoms with Crippen LogP contribution in [-0.4, -0.2) is 17.7 Å². The van der Waals surface area contributed by atoms with Crippen molar-refractivity contribution in [2.45, 2.75) is 19.3 Å². The van der Waals surface area contributed by atoms with Crippen LogP contribution < -0.4 is 10.2 Å². The van der Waals surface area contributed by atoms with Crippen LogP contribution in [0.4, 0.5) is 0 Å². The summed E-state index contributed by atoms with van der Waals surface area (Å²) < 4.78 is 11.5. The number of hydrogen-bond donors (Lipinski definition) is 1. The van der Waals surface area contributed by atoms with Crippen molar-refractivity contribution in [2.24, 2.45) is 0 Å². The van der Waals surface area contributed by atoms with Crippen LogP contribution in [0.5, 0.6) is 5.75 Å². The lowest BCUT2D eigenvalue weighted by Crippen LogP contribution is -2.02. The lowest BCUT2D eigenvalue weighted by atomic mass is 10.1. The summed E-state index contributed by atoms with van der Waals surface area (Å²) in [5.74, 6) is 0.300. The molecule has 5 nitrogen and oxygen atoms in total. The van der Waals surface area contributed by atoms with Crippen molar-refractivity contribution in [1.82, 2.24) is 0 Å². The van der Waals surface area contributed by atoms with Crippen molar-refractivity contribution >= 4 is 16.9 Å². The Morgan fingerprint density at radius 3 is 2.60 bits per heavy atom. The maximum Gasteiger partial charge on any atom is 0.303 e. The Bertz CT molecular complexity index is 928. The van der Waals surface area contributed by atoms with Gasteiger partial charge in [-0.05, 0) is 25.0 Å². The van der Waals surface area contributed by atoms with E-state index in [1.54, 1.807) is 18.2 Å². The minimum Gasteiger partial charge on any atom is -0.493 e. The van der Waals surface area contributed by atoms with E-state index in [1.807, 2.05) is 30.3 Å². The van der Waals surface area contributed by atoms with Crippen molar-refractivity contribution in [3.05, 3.63) is 64.8 Å². The Morgan fingerprint density at radius 2 is 1.84 bits per heavy atom. The molecule has 0 saturated heterocycles. The minimum absolute atomic E-state index is 0.104. The second kappa shape index (κ2) is 7.66. The Labute approximate surface area is 144 Å². The highest BCUT2D eigenvalue weighted by Gasteiger charge is 2.08. The van der Waals surface area contributed by atoms with Gasteiger partial charge in [0, 0.05) is 24.1 Å². The van der Waals surface area contributed by atoms with Crippen LogP contribution in [0.25, 0.3) is 22.3 Å². The summed E-state index contributed by atoms with van der Waals surface area (Å²) in [5, 5.41) is 9.11. The predicted octanol–water partition coefficient (Wildman–Crippen LogP) is 4.09. The molecule has 0 bridgehead atoms. The van der Waals surface area contributed by atoms with Gasteiger partial charge in [0.1, 0.15) is 17.1 Å². The summed E-state index contributed by atoms with van der Waals surface area (Å²) in [6, 6.07) is 16.0. The maximum absolute atomic E-state index is 12.3. The number of aliphatic carboxylic acids is 1. The molecule has 0 radical (unpaired) electrons. The topological polar surface area (TPSA) is 76.7 Å². The first kappa shape index (κ1) is 16.8. The second-order valence-corrected chi connectivity index (χ2v) is 5.70. The van der Waals surface area contributed by atoms with E-state index in [0.717, 1.165) is 5.56 Å². The molecule has 1 heterocycles. The van der Waals surface area contributed by atoms with Gasteiger partial charge in [-0.2, -0.15) is 0 Å². The van der Waals surface area contributed by atoms with Gasteiger partial charge >= 0.3 is 5.97 Å². The molecule has 0 aliphatic rings. The molecule has 0 aliphatic heterocycles. The number of unbranched alkanes of at least 4 members (excludes halogenated alkanes) is 1. The van der Waals surface area contributed by atoms with Gasteiger partial charge in [0.2, 0.25) is 0 Å². The van der Waals surface area contributed by atoms with Crippen LogP contribution in [0.2, 0.25) is 0 Å². The molecule has 3 aromatic rings. The van der Waals surface area contributed by atoms with Crippen LogP contribution in [0, 0.1) is 0 Å². The Hall–Kier alpha value is -3.08. The number of benzene rings is 2. The van der Waals surface area contributed by atoms with E-state index in [9.17, 15) is 9.59 Å². The Balaban J connectivity index is 1.79. The number of rotatable bonds is 7. The molecule has 0 unspecified atom stereocenters. The van der Waals surface area contributed by atoms with E-state index in [2.05, 4.69) is 0 Å². The van der Waals surface area contributed by atoms with Gasteiger partial charge in [-0.1, -0.05) is 30.3 Å². The summed E-state index contributed by atoms with van der Waals surface area (Å²) in [5.41, 5.74) is 1.20. The molecule has 128 valence electrons. The lowest BCUT2D eigenvalue weighted by Gasteiger charge is -2.07. The number of ether oxygens (including phenoxy) is 1. The molecule has 5 heteroatoms. The fourth-order valence-corrected chi connectivity index (χ4v) is 2.54. The molecular formula is C20H18O5. The fourth-order valence-electron chi connectivity index (χ4n) is 2.54. The zero-order valence-corrected chi connectivity index (χ0v) is 13.6. The highest BCUT2D eigenvalue weighted by Crippen LogP contribution is 2.24. The van der Waals surface area contributed by atoms with E-state index in [1.165, 1.54) is 6.07 Å². The van der Waals surface area contributed by atoms with Crippen LogP contribution in [0.1, 0.15) is 19.3 Å². The molecule has 3 rings (SSSR count). The van der Waals surface area contributed by atoms with Crippen LogP contribution in [0.15, 0.2) is 63.8 Å². The molecule has 1 N–H and O–H groups in total. The van der Waals surface area contributed by atoms with E-state index in [4.69, 9.17) is 14.3 Å². The largest absolute Gasteiger partial charge is 0.493 e. The SMILES string of the molecule is O=C(O)CCCCOc1ccc2c(=O)cc(-c3ccccc3)oc2c1. The normalized spacial score (nSPS) is 10.7. The third kappa shape index (κ3) is 4.26. The fraction of sp³-hybridized carbons (Fsp3) is 0.200. The second-order valence-electron chi connectivity index (χ2n) is 5.70.